The van der Waals surface area contributed by atoms with E-state index in [9.17, 15) is 5.11 Å². The number of benzene rings is 1. The molecule has 1 atom stereocenters. The summed E-state index contributed by atoms with van der Waals surface area (Å²) in [6.07, 6.45) is 1.42. The third-order valence-corrected chi connectivity index (χ3v) is 6.85. The average molecular weight is 496 g/mol. The number of nitrogen functional groups attached to an aromatic ring is 1. The van der Waals surface area contributed by atoms with Gasteiger partial charge in [-0.15, -0.1) is 0 Å². The summed E-state index contributed by atoms with van der Waals surface area (Å²) in [5.74, 6) is 1.01. The topological polar surface area (TPSA) is 107 Å². The Balaban J connectivity index is 1.83. The molecule has 1 saturated heterocycles. The second-order valence-corrected chi connectivity index (χ2v) is 9.76. The van der Waals surface area contributed by atoms with Crippen LogP contribution in [0.2, 0.25) is 5.02 Å². The molecule has 0 radical (unpaired) electrons. The third-order valence-electron chi connectivity index (χ3n) is 6.56. The minimum Gasteiger partial charge on any atom is -0.495 e. The number of anilines is 1. The molecule has 1 aliphatic rings. The van der Waals surface area contributed by atoms with Gasteiger partial charge in [-0.1, -0.05) is 18.2 Å². The molecule has 10 heteroatoms. The third kappa shape index (κ3) is 4.17. The summed E-state index contributed by atoms with van der Waals surface area (Å²) in [5.41, 5.74) is 9.03. The van der Waals surface area contributed by atoms with Gasteiger partial charge in [0.15, 0.2) is 5.65 Å². The zero-order chi connectivity index (χ0) is 25.7. The minimum absolute atomic E-state index is 0.00142. The summed E-state index contributed by atoms with van der Waals surface area (Å²) in [6, 6.07) is 1.48. The van der Waals surface area contributed by atoms with Crippen LogP contribution in [0.4, 0.5) is 11.5 Å². The van der Waals surface area contributed by atoms with Crippen molar-refractivity contribution < 1.29 is 9.84 Å². The van der Waals surface area contributed by atoms with E-state index in [0.717, 1.165) is 16.8 Å². The quantitative estimate of drug-likeness (QED) is 0.461. The molecule has 0 aliphatic carbocycles. The van der Waals surface area contributed by atoms with E-state index in [0.29, 0.717) is 58.7 Å². The van der Waals surface area contributed by atoms with Gasteiger partial charge in [-0.2, -0.15) is 5.10 Å². The van der Waals surface area contributed by atoms with Crippen LogP contribution in [0.3, 0.4) is 0 Å². The predicted molar refractivity (Wildman–Crippen MR) is 137 cm³/mol. The standard InChI is InChI=1S/C25H30ClN7O2/c1-8-35-22-17(14(3)33-24-19(13(2)31-33)23(27)29-12-30-24)9-18(26)21(28-7)20(22)16-10-32(11-16)15(4)25(5,6)34/h9,12,14,16,34H,4,8,10-11H2,1-3,5-6H3,(H2,27,29,30). The molecule has 2 aromatic heterocycles. The van der Waals surface area contributed by atoms with Gasteiger partial charge in [0.1, 0.15) is 17.9 Å². The van der Waals surface area contributed by atoms with Crippen LogP contribution in [-0.2, 0) is 0 Å². The predicted octanol–water partition coefficient (Wildman–Crippen LogP) is 4.61. The van der Waals surface area contributed by atoms with E-state index >= 15 is 0 Å². The van der Waals surface area contributed by atoms with E-state index in [1.165, 1.54) is 6.33 Å². The summed E-state index contributed by atoms with van der Waals surface area (Å²) in [5, 5.41) is 16.1. The van der Waals surface area contributed by atoms with Gasteiger partial charge in [0.2, 0.25) is 5.69 Å². The van der Waals surface area contributed by atoms with E-state index in [1.807, 2.05) is 25.7 Å². The number of nitrogens with two attached hydrogens (primary N) is 1. The van der Waals surface area contributed by atoms with Crippen LogP contribution >= 0.6 is 11.6 Å². The average Bonchev–Trinajstić information content (AvgIpc) is 3.10. The second kappa shape index (κ2) is 9.02. The molecule has 0 spiro atoms. The first kappa shape index (κ1) is 24.8. The Hall–Kier alpha value is -3.35. The van der Waals surface area contributed by atoms with Crippen molar-refractivity contribution >= 4 is 34.1 Å². The van der Waals surface area contributed by atoms with Gasteiger partial charge in [-0.05, 0) is 40.7 Å². The van der Waals surface area contributed by atoms with Crippen molar-refractivity contribution in [1.82, 2.24) is 24.6 Å². The fourth-order valence-corrected chi connectivity index (χ4v) is 4.87. The number of aliphatic hydroxyl groups is 1. The summed E-state index contributed by atoms with van der Waals surface area (Å²) in [6.45, 7) is 22.7. The van der Waals surface area contributed by atoms with Crippen LogP contribution in [0.25, 0.3) is 15.9 Å². The number of nitrogens with zero attached hydrogens (tertiary/aromatic N) is 6. The van der Waals surface area contributed by atoms with Crippen LogP contribution in [0, 0.1) is 13.5 Å². The van der Waals surface area contributed by atoms with Crippen molar-refractivity contribution in [2.75, 3.05) is 25.4 Å². The Bertz CT molecular complexity index is 1350. The molecule has 3 heterocycles. The van der Waals surface area contributed by atoms with Crippen LogP contribution in [0.1, 0.15) is 56.5 Å². The Morgan fingerprint density at radius 1 is 1.43 bits per heavy atom. The number of likely N-dealkylation sites (tertiary alicyclic amines) is 1. The number of aryl methyl sites for hydroxylation is 1. The largest absolute Gasteiger partial charge is 0.495 e. The Labute approximate surface area is 210 Å². The fourth-order valence-electron chi connectivity index (χ4n) is 4.61. The molecule has 1 aliphatic heterocycles. The van der Waals surface area contributed by atoms with Crippen molar-refractivity contribution in [1.29, 1.82) is 0 Å². The molecular formula is C25H30ClN7O2. The first-order chi connectivity index (χ1) is 16.5. The molecule has 35 heavy (non-hydrogen) atoms. The van der Waals surface area contributed by atoms with Gasteiger partial charge >= 0.3 is 0 Å². The van der Waals surface area contributed by atoms with Crippen LogP contribution in [0.15, 0.2) is 24.7 Å². The van der Waals surface area contributed by atoms with Crippen LogP contribution in [0.5, 0.6) is 5.75 Å². The molecule has 0 bridgehead atoms. The number of halogens is 1. The first-order valence-corrected chi connectivity index (χ1v) is 11.9. The second-order valence-electron chi connectivity index (χ2n) is 9.35. The lowest BCUT2D eigenvalue weighted by molar-refractivity contribution is 0.0572. The van der Waals surface area contributed by atoms with Crippen LogP contribution in [-0.4, -0.2) is 55.1 Å². The van der Waals surface area contributed by atoms with Crippen molar-refractivity contribution in [2.45, 2.75) is 52.2 Å². The zero-order valence-corrected chi connectivity index (χ0v) is 21.4. The molecule has 184 valence electrons. The Morgan fingerprint density at radius 3 is 2.71 bits per heavy atom. The Morgan fingerprint density at radius 2 is 2.11 bits per heavy atom. The summed E-state index contributed by atoms with van der Waals surface area (Å²) >= 11 is 6.67. The monoisotopic (exact) mass is 495 g/mol. The van der Waals surface area contributed by atoms with Gasteiger partial charge in [0.05, 0.1) is 35.9 Å². The molecule has 3 aromatic rings. The highest BCUT2D eigenvalue weighted by molar-refractivity contribution is 6.33. The van der Waals surface area contributed by atoms with E-state index in [1.54, 1.807) is 24.6 Å². The first-order valence-electron chi connectivity index (χ1n) is 11.5. The summed E-state index contributed by atoms with van der Waals surface area (Å²) in [7, 11) is 0. The number of hydrogen-bond acceptors (Lipinski definition) is 7. The lowest BCUT2D eigenvalue weighted by Gasteiger charge is -2.46. The maximum absolute atomic E-state index is 10.3. The van der Waals surface area contributed by atoms with Gasteiger partial charge in [0.25, 0.3) is 0 Å². The molecule has 1 unspecified atom stereocenters. The highest BCUT2D eigenvalue weighted by Gasteiger charge is 2.38. The molecule has 3 N–H and O–H groups in total. The highest BCUT2D eigenvalue weighted by atomic mass is 35.5. The lowest BCUT2D eigenvalue weighted by atomic mass is 9.85. The molecule has 4 rings (SSSR count). The van der Waals surface area contributed by atoms with Crippen molar-refractivity contribution in [2.24, 2.45) is 0 Å². The molecule has 9 nitrogen and oxygen atoms in total. The maximum atomic E-state index is 10.3. The van der Waals surface area contributed by atoms with Crippen molar-refractivity contribution in [3.63, 3.8) is 0 Å². The number of fused-ring (bicyclic) bond motifs is 1. The number of ether oxygens (including phenoxy) is 1. The highest BCUT2D eigenvalue weighted by Crippen LogP contribution is 2.49. The zero-order valence-electron chi connectivity index (χ0n) is 20.6. The lowest BCUT2D eigenvalue weighted by Crippen LogP contribution is -2.48. The summed E-state index contributed by atoms with van der Waals surface area (Å²) in [4.78, 5) is 14.3. The molecule has 1 aromatic carbocycles. The van der Waals surface area contributed by atoms with E-state index in [-0.39, 0.29) is 12.0 Å². The van der Waals surface area contributed by atoms with Gasteiger partial charge in [-0.25, -0.2) is 19.5 Å². The van der Waals surface area contributed by atoms with Crippen molar-refractivity contribution in [3.05, 3.63) is 57.9 Å². The molecule has 1 fully saturated rings. The Kier molecular flexibility index (Phi) is 6.38. The van der Waals surface area contributed by atoms with E-state index in [2.05, 4.69) is 21.4 Å². The normalized spacial score (nSPS) is 15.1. The number of aromatic nitrogens is 4. The van der Waals surface area contributed by atoms with Gasteiger partial charge in [-0.3, -0.25) is 0 Å². The minimum atomic E-state index is -1.02. The van der Waals surface area contributed by atoms with Crippen molar-refractivity contribution in [3.8, 4) is 5.75 Å². The van der Waals surface area contributed by atoms with Crippen LogP contribution < -0.4 is 10.5 Å². The van der Waals surface area contributed by atoms with E-state index in [4.69, 9.17) is 33.7 Å². The molecular weight excluding hydrogens is 466 g/mol. The fraction of sp³-hybridized carbons (Fsp3) is 0.440. The van der Waals surface area contributed by atoms with Gasteiger partial charge in [0, 0.05) is 40.9 Å². The smallest absolute Gasteiger partial charge is 0.212 e. The number of hydrogen-bond donors (Lipinski definition) is 2. The molecule has 0 saturated carbocycles. The van der Waals surface area contributed by atoms with E-state index < -0.39 is 5.60 Å². The van der Waals surface area contributed by atoms with Gasteiger partial charge < -0.3 is 20.5 Å². The summed E-state index contributed by atoms with van der Waals surface area (Å²) < 4.78 is 7.97. The maximum Gasteiger partial charge on any atom is 0.212 e. The number of rotatable bonds is 7. The SMILES string of the molecule is [C-]#[N+]c1c(Cl)cc(C(C)n2nc(C)c3c(N)ncnc32)c(OCC)c1C1CN(C(=C)C(C)(C)O)C1. The molecule has 0 amide bonds.